The highest BCUT2D eigenvalue weighted by molar-refractivity contribution is 6.30. The third-order valence-corrected chi connectivity index (χ3v) is 4.77. The van der Waals surface area contributed by atoms with Crippen LogP contribution in [0, 0.1) is 5.82 Å². The van der Waals surface area contributed by atoms with Gasteiger partial charge in [0, 0.05) is 16.8 Å². The SMILES string of the molecule is O=C(Nc1cnn(Cc2ccc(F)cc2)c1)c1cccc(COc2cccc(Cl)c2)c1. The van der Waals surface area contributed by atoms with E-state index >= 15 is 0 Å². The number of hydrogen-bond acceptors (Lipinski definition) is 3. The van der Waals surface area contributed by atoms with Crippen LogP contribution in [-0.2, 0) is 13.2 Å². The quantitative estimate of drug-likeness (QED) is 0.413. The summed E-state index contributed by atoms with van der Waals surface area (Å²) in [6, 6.07) is 20.6. The van der Waals surface area contributed by atoms with Gasteiger partial charge in [-0.15, -0.1) is 0 Å². The molecule has 0 aliphatic carbocycles. The Labute approximate surface area is 184 Å². The number of rotatable bonds is 7. The molecule has 0 spiro atoms. The summed E-state index contributed by atoms with van der Waals surface area (Å²) in [4.78, 5) is 12.6. The first-order chi connectivity index (χ1) is 15.0. The second-order valence-electron chi connectivity index (χ2n) is 6.95. The third kappa shape index (κ3) is 5.71. The summed E-state index contributed by atoms with van der Waals surface area (Å²) in [7, 11) is 0. The molecule has 0 fully saturated rings. The van der Waals surface area contributed by atoms with E-state index in [9.17, 15) is 9.18 Å². The van der Waals surface area contributed by atoms with Gasteiger partial charge in [-0.1, -0.05) is 41.9 Å². The normalized spacial score (nSPS) is 10.6. The summed E-state index contributed by atoms with van der Waals surface area (Å²) in [5.74, 6) is 0.138. The highest BCUT2D eigenvalue weighted by atomic mass is 35.5. The van der Waals surface area contributed by atoms with Crippen molar-refractivity contribution in [3.05, 3.63) is 113 Å². The van der Waals surface area contributed by atoms with Crippen molar-refractivity contribution in [2.24, 2.45) is 0 Å². The largest absolute Gasteiger partial charge is 0.489 e. The number of benzene rings is 3. The van der Waals surface area contributed by atoms with Gasteiger partial charge in [-0.05, 0) is 53.6 Å². The van der Waals surface area contributed by atoms with E-state index in [-0.39, 0.29) is 11.7 Å². The van der Waals surface area contributed by atoms with Crippen LogP contribution < -0.4 is 10.1 Å². The molecular formula is C24H19ClFN3O2. The van der Waals surface area contributed by atoms with E-state index in [0.29, 0.717) is 35.2 Å². The van der Waals surface area contributed by atoms with Crippen LogP contribution in [0.5, 0.6) is 5.75 Å². The van der Waals surface area contributed by atoms with Gasteiger partial charge in [0.25, 0.3) is 5.91 Å². The molecule has 31 heavy (non-hydrogen) atoms. The van der Waals surface area contributed by atoms with Gasteiger partial charge in [-0.3, -0.25) is 9.48 Å². The number of aromatic nitrogens is 2. The molecule has 0 saturated carbocycles. The number of halogens is 2. The number of anilines is 1. The van der Waals surface area contributed by atoms with E-state index in [0.717, 1.165) is 11.1 Å². The summed E-state index contributed by atoms with van der Waals surface area (Å²) < 4.78 is 20.4. The van der Waals surface area contributed by atoms with Crippen LogP contribution in [0.3, 0.4) is 0 Å². The standard InChI is InChI=1S/C24H19ClFN3O2/c25-20-5-2-6-23(12-20)31-16-18-3-1-4-19(11-18)24(30)28-22-13-27-29(15-22)14-17-7-9-21(26)10-8-17/h1-13,15H,14,16H2,(H,28,30). The van der Waals surface area contributed by atoms with E-state index < -0.39 is 0 Å². The summed E-state index contributed by atoms with van der Waals surface area (Å²) in [5.41, 5.74) is 2.86. The number of hydrogen-bond donors (Lipinski definition) is 1. The Morgan fingerprint density at radius 3 is 2.65 bits per heavy atom. The molecule has 0 radical (unpaired) electrons. The van der Waals surface area contributed by atoms with Crippen LogP contribution in [0.15, 0.2) is 85.2 Å². The second-order valence-corrected chi connectivity index (χ2v) is 7.39. The van der Waals surface area contributed by atoms with Crippen LogP contribution in [-0.4, -0.2) is 15.7 Å². The first-order valence-corrected chi connectivity index (χ1v) is 9.98. The van der Waals surface area contributed by atoms with Crippen molar-refractivity contribution in [1.82, 2.24) is 9.78 Å². The fourth-order valence-electron chi connectivity index (χ4n) is 3.02. The van der Waals surface area contributed by atoms with Crippen molar-refractivity contribution < 1.29 is 13.9 Å². The lowest BCUT2D eigenvalue weighted by atomic mass is 10.1. The predicted molar refractivity (Wildman–Crippen MR) is 118 cm³/mol. The van der Waals surface area contributed by atoms with Gasteiger partial charge in [0.1, 0.15) is 18.2 Å². The lowest BCUT2D eigenvalue weighted by Gasteiger charge is -2.08. The van der Waals surface area contributed by atoms with E-state index in [1.807, 2.05) is 24.3 Å². The minimum Gasteiger partial charge on any atom is -0.489 e. The molecule has 1 amide bonds. The number of nitrogens with zero attached hydrogens (tertiary/aromatic N) is 2. The van der Waals surface area contributed by atoms with Crippen molar-refractivity contribution in [1.29, 1.82) is 0 Å². The molecular weight excluding hydrogens is 417 g/mol. The number of carbonyl (C=O) groups is 1. The molecule has 0 bridgehead atoms. The first-order valence-electron chi connectivity index (χ1n) is 9.61. The molecule has 0 unspecified atom stereocenters. The Bertz CT molecular complexity index is 1190. The maximum atomic E-state index is 13.0. The van der Waals surface area contributed by atoms with Crippen LogP contribution >= 0.6 is 11.6 Å². The van der Waals surface area contributed by atoms with Gasteiger partial charge >= 0.3 is 0 Å². The van der Waals surface area contributed by atoms with Gasteiger partial charge < -0.3 is 10.1 Å². The molecule has 5 nitrogen and oxygen atoms in total. The molecule has 0 saturated heterocycles. The zero-order valence-corrected chi connectivity index (χ0v) is 17.2. The van der Waals surface area contributed by atoms with Gasteiger partial charge in [0.15, 0.2) is 0 Å². The highest BCUT2D eigenvalue weighted by Gasteiger charge is 2.09. The van der Waals surface area contributed by atoms with Gasteiger partial charge in [-0.25, -0.2) is 4.39 Å². The Hall–Kier alpha value is -3.64. The topological polar surface area (TPSA) is 56.2 Å². The molecule has 0 aliphatic heterocycles. The molecule has 156 valence electrons. The molecule has 4 aromatic rings. The molecule has 1 heterocycles. The zero-order chi connectivity index (χ0) is 21.6. The Balaban J connectivity index is 1.37. The monoisotopic (exact) mass is 435 g/mol. The van der Waals surface area contributed by atoms with Crippen molar-refractivity contribution in [3.8, 4) is 5.75 Å². The lowest BCUT2D eigenvalue weighted by Crippen LogP contribution is -2.12. The second kappa shape index (κ2) is 9.45. The van der Waals surface area contributed by atoms with Crippen LogP contribution in [0.25, 0.3) is 0 Å². The summed E-state index contributed by atoms with van der Waals surface area (Å²) in [5, 5.41) is 7.69. The number of carbonyl (C=O) groups excluding carboxylic acids is 1. The molecule has 3 aromatic carbocycles. The van der Waals surface area contributed by atoms with Crippen molar-refractivity contribution in [2.75, 3.05) is 5.32 Å². The van der Waals surface area contributed by atoms with Crippen molar-refractivity contribution >= 4 is 23.2 Å². The molecule has 0 aliphatic rings. The zero-order valence-electron chi connectivity index (χ0n) is 16.5. The fraction of sp³-hybridized carbons (Fsp3) is 0.0833. The maximum absolute atomic E-state index is 13.0. The predicted octanol–water partition coefficient (Wildman–Crippen LogP) is 5.56. The highest BCUT2D eigenvalue weighted by Crippen LogP contribution is 2.19. The number of ether oxygens (including phenoxy) is 1. The van der Waals surface area contributed by atoms with Crippen molar-refractivity contribution in [2.45, 2.75) is 13.2 Å². The number of nitrogens with one attached hydrogen (secondary N) is 1. The molecule has 7 heteroatoms. The average molecular weight is 436 g/mol. The molecule has 4 rings (SSSR count). The van der Waals surface area contributed by atoms with Crippen LogP contribution in [0.4, 0.5) is 10.1 Å². The average Bonchev–Trinajstić information content (AvgIpc) is 3.21. The molecule has 0 atom stereocenters. The maximum Gasteiger partial charge on any atom is 0.255 e. The van der Waals surface area contributed by atoms with Gasteiger partial charge in [-0.2, -0.15) is 5.10 Å². The third-order valence-electron chi connectivity index (χ3n) is 4.54. The van der Waals surface area contributed by atoms with E-state index in [4.69, 9.17) is 16.3 Å². The molecule has 1 aromatic heterocycles. The van der Waals surface area contributed by atoms with Crippen molar-refractivity contribution in [3.63, 3.8) is 0 Å². The minimum absolute atomic E-state index is 0.245. The number of amides is 1. The minimum atomic E-state index is -0.280. The van der Waals surface area contributed by atoms with Crippen LogP contribution in [0.2, 0.25) is 5.02 Å². The van der Waals surface area contributed by atoms with E-state index in [1.54, 1.807) is 53.5 Å². The molecule has 1 N–H and O–H groups in total. The smallest absolute Gasteiger partial charge is 0.255 e. The summed E-state index contributed by atoms with van der Waals surface area (Å²) >= 11 is 5.97. The Kier molecular flexibility index (Phi) is 6.29. The van der Waals surface area contributed by atoms with Gasteiger partial charge in [0.2, 0.25) is 0 Å². The lowest BCUT2D eigenvalue weighted by molar-refractivity contribution is 0.102. The van der Waals surface area contributed by atoms with E-state index in [2.05, 4.69) is 10.4 Å². The van der Waals surface area contributed by atoms with E-state index in [1.165, 1.54) is 12.1 Å². The fourth-order valence-corrected chi connectivity index (χ4v) is 3.20. The Morgan fingerprint density at radius 1 is 1.03 bits per heavy atom. The summed E-state index contributed by atoms with van der Waals surface area (Å²) in [6.07, 6.45) is 3.31. The first kappa shape index (κ1) is 20.6. The van der Waals surface area contributed by atoms with Gasteiger partial charge in [0.05, 0.1) is 18.4 Å². The summed E-state index contributed by atoms with van der Waals surface area (Å²) in [6.45, 7) is 0.795. The van der Waals surface area contributed by atoms with Crippen LogP contribution in [0.1, 0.15) is 21.5 Å². The Morgan fingerprint density at radius 2 is 1.84 bits per heavy atom.